The van der Waals surface area contributed by atoms with Crippen LogP contribution >= 0.6 is 23.1 Å². The van der Waals surface area contributed by atoms with Gasteiger partial charge in [0.25, 0.3) is 5.91 Å². The molecule has 7 heteroatoms. The van der Waals surface area contributed by atoms with E-state index in [9.17, 15) is 9.59 Å². The van der Waals surface area contributed by atoms with Gasteiger partial charge in [-0.25, -0.2) is 0 Å². The van der Waals surface area contributed by atoms with Crippen LogP contribution in [0.5, 0.6) is 0 Å². The topological polar surface area (TPSA) is 54.3 Å². The van der Waals surface area contributed by atoms with Gasteiger partial charge in [0.2, 0.25) is 5.91 Å². The van der Waals surface area contributed by atoms with Crippen molar-refractivity contribution in [3.8, 4) is 0 Å². The SMILES string of the molecule is CCCSCCCN1C(=O)c2cc3sc(CC)cc3n2CC1(C)C(=O)NC1CCCCC1. The number of aryl methyl sites for hydroxylation is 1. The lowest BCUT2D eigenvalue weighted by molar-refractivity contribution is -0.133. The van der Waals surface area contributed by atoms with E-state index in [0.29, 0.717) is 13.1 Å². The van der Waals surface area contributed by atoms with Crippen LogP contribution in [0.1, 0.15) is 81.1 Å². The molecule has 2 aromatic heterocycles. The van der Waals surface area contributed by atoms with Crippen LogP contribution in [-0.2, 0) is 17.8 Å². The Morgan fingerprint density at radius 2 is 2.00 bits per heavy atom. The summed E-state index contributed by atoms with van der Waals surface area (Å²) in [6, 6.07) is 4.48. The third-order valence-electron chi connectivity index (χ3n) is 6.96. The van der Waals surface area contributed by atoms with Crippen LogP contribution in [0, 0.1) is 0 Å². The number of rotatable bonds is 9. The largest absolute Gasteiger partial charge is 0.351 e. The second-order valence-corrected chi connectivity index (χ2v) is 11.8. The van der Waals surface area contributed by atoms with E-state index in [2.05, 4.69) is 29.8 Å². The summed E-state index contributed by atoms with van der Waals surface area (Å²) in [4.78, 5) is 30.6. The van der Waals surface area contributed by atoms with Gasteiger partial charge in [-0.1, -0.05) is 33.1 Å². The number of hydrogen-bond donors (Lipinski definition) is 1. The Morgan fingerprint density at radius 3 is 2.72 bits per heavy atom. The Balaban J connectivity index is 1.62. The lowest BCUT2D eigenvalue weighted by atomic mass is 9.91. The van der Waals surface area contributed by atoms with Crippen molar-refractivity contribution in [3.63, 3.8) is 0 Å². The van der Waals surface area contributed by atoms with E-state index in [-0.39, 0.29) is 17.9 Å². The minimum absolute atomic E-state index is 0.000478. The van der Waals surface area contributed by atoms with E-state index in [1.54, 1.807) is 11.3 Å². The second kappa shape index (κ2) is 10.2. The van der Waals surface area contributed by atoms with Crippen molar-refractivity contribution < 1.29 is 9.59 Å². The summed E-state index contributed by atoms with van der Waals surface area (Å²) < 4.78 is 3.26. The van der Waals surface area contributed by atoms with Gasteiger partial charge in [0.05, 0.1) is 16.8 Å². The van der Waals surface area contributed by atoms with Gasteiger partial charge in [0.15, 0.2) is 0 Å². The molecule has 2 aromatic rings. The Bertz CT molecular complexity index is 960. The zero-order chi connectivity index (χ0) is 22.7. The van der Waals surface area contributed by atoms with Gasteiger partial charge in [-0.05, 0) is 62.7 Å². The maximum Gasteiger partial charge on any atom is 0.271 e. The van der Waals surface area contributed by atoms with Crippen LogP contribution in [0.4, 0.5) is 0 Å². The first-order valence-corrected chi connectivity index (χ1v) is 14.3. The van der Waals surface area contributed by atoms with Crippen molar-refractivity contribution in [1.82, 2.24) is 14.8 Å². The van der Waals surface area contributed by atoms with E-state index in [1.165, 1.54) is 30.6 Å². The zero-order valence-corrected chi connectivity index (χ0v) is 21.4. The quantitative estimate of drug-likeness (QED) is 0.490. The molecule has 0 saturated heterocycles. The van der Waals surface area contributed by atoms with E-state index in [4.69, 9.17) is 0 Å². The van der Waals surface area contributed by atoms with Crippen LogP contribution < -0.4 is 5.32 Å². The Kier molecular flexibility index (Phi) is 7.55. The van der Waals surface area contributed by atoms with E-state index in [1.807, 2.05) is 29.7 Å². The average molecular weight is 476 g/mol. The molecule has 0 spiro atoms. The fourth-order valence-electron chi connectivity index (χ4n) is 5.07. The van der Waals surface area contributed by atoms with Gasteiger partial charge in [0, 0.05) is 17.5 Å². The van der Waals surface area contributed by atoms with E-state index >= 15 is 0 Å². The predicted molar refractivity (Wildman–Crippen MR) is 136 cm³/mol. The molecule has 32 heavy (non-hydrogen) atoms. The van der Waals surface area contributed by atoms with Gasteiger partial charge in [-0.15, -0.1) is 11.3 Å². The number of nitrogens with one attached hydrogen (secondary N) is 1. The molecular weight excluding hydrogens is 438 g/mol. The molecule has 2 aliphatic rings. The third-order valence-corrected chi connectivity index (χ3v) is 9.45. The first kappa shape index (κ1) is 23.7. The van der Waals surface area contributed by atoms with Crippen LogP contribution in [0.15, 0.2) is 12.1 Å². The van der Waals surface area contributed by atoms with Gasteiger partial charge in [-0.2, -0.15) is 11.8 Å². The summed E-state index contributed by atoms with van der Waals surface area (Å²) in [5.41, 5.74) is 0.972. The summed E-state index contributed by atoms with van der Waals surface area (Å²) in [5, 5.41) is 3.33. The molecule has 3 heterocycles. The second-order valence-electron chi connectivity index (χ2n) is 9.44. The number of nitrogens with zero attached hydrogens (tertiary/aromatic N) is 2. The summed E-state index contributed by atoms with van der Waals surface area (Å²) >= 11 is 3.70. The van der Waals surface area contributed by atoms with Gasteiger partial charge >= 0.3 is 0 Å². The van der Waals surface area contributed by atoms with Crippen LogP contribution in [0.25, 0.3) is 10.2 Å². The molecule has 1 unspecified atom stereocenters. The molecule has 0 radical (unpaired) electrons. The van der Waals surface area contributed by atoms with Crippen molar-refractivity contribution in [1.29, 1.82) is 0 Å². The maximum absolute atomic E-state index is 13.7. The smallest absolute Gasteiger partial charge is 0.271 e. The lowest BCUT2D eigenvalue weighted by Gasteiger charge is -2.45. The average Bonchev–Trinajstić information content (AvgIpc) is 3.35. The zero-order valence-electron chi connectivity index (χ0n) is 19.7. The molecule has 0 bridgehead atoms. The number of thiophene rings is 1. The van der Waals surface area contributed by atoms with Crippen molar-refractivity contribution in [2.45, 2.75) is 90.3 Å². The standard InChI is InChI=1S/C25H37N3O2S2/c1-4-13-31-14-9-12-28-23(29)21-16-22-20(15-19(5-2)32-22)27(21)17-25(28,3)24(30)26-18-10-7-6-8-11-18/h15-16,18H,4-14,17H2,1-3H3,(H,26,30). The van der Waals surface area contributed by atoms with Crippen molar-refractivity contribution in [3.05, 3.63) is 22.7 Å². The molecule has 1 aliphatic carbocycles. The molecule has 5 nitrogen and oxygen atoms in total. The Morgan fingerprint density at radius 1 is 1.22 bits per heavy atom. The summed E-state index contributed by atoms with van der Waals surface area (Å²) in [7, 11) is 0. The molecule has 1 N–H and O–H groups in total. The lowest BCUT2D eigenvalue weighted by Crippen LogP contribution is -2.65. The third kappa shape index (κ3) is 4.60. The van der Waals surface area contributed by atoms with Crippen LogP contribution in [0.2, 0.25) is 0 Å². The Labute approximate surface area is 200 Å². The fraction of sp³-hybridized carbons (Fsp3) is 0.680. The van der Waals surface area contributed by atoms with Gasteiger partial charge < -0.3 is 14.8 Å². The molecule has 1 saturated carbocycles. The maximum atomic E-state index is 13.7. The molecule has 1 fully saturated rings. The minimum atomic E-state index is -0.864. The highest BCUT2D eigenvalue weighted by molar-refractivity contribution is 7.99. The highest BCUT2D eigenvalue weighted by Gasteiger charge is 2.48. The van der Waals surface area contributed by atoms with Crippen molar-refractivity contribution >= 4 is 45.1 Å². The van der Waals surface area contributed by atoms with Crippen molar-refractivity contribution in [2.75, 3.05) is 18.1 Å². The first-order valence-electron chi connectivity index (χ1n) is 12.3. The number of hydrogen-bond acceptors (Lipinski definition) is 4. The number of amides is 2. The van der Waals surface area contributed by atoms with Gasteiger partial charge in [-0.3, -0.25) is 9.59 Å². The summed E-state index contributed by atoms with van der Waals surface area (Å²) in [6.07, 6.45) is 8.78. The molecular formula is C25H37N3O2S2. The highest BCUT2D eigenvalue weighted by atomic mass is 32.2. The number of aromatic nitrogens is 1. The van der Waals surface area contributed by atoms with Crippen LogP contribution in [-0.4, -0.2) is 50.9 Å². The summed E-state index contributed by atoms with van der Waals surface area (Å²) in [6.45, 7) is 7.48. The van der Waals surface area contributed by atoms with Gasteiger partial charge in [0.1, 0.15) is 11.2 Å². The molecule has 1 atom stereocenters. The molecule has 2 amide bonds. The number of thioether (sulfide) groups is 1. The van der Waals surface area contributed by atoms with Crippen molar-refractivity contribution in [2.24, 2.45) is 0 Å². The highest BCUT2D eigenvalue weighted by Crippen LogP contribution is 2.36. The van der Waals surface area contributed by atoms with Crippen LogP contribution in [0.3, 0.4) is 0 Å². The number of carbonyl (C=O) groups is 2. The Hall–Kier alpha value is -1.47. The minimum Gasteiger partial charge on any atom is -0.351 e. The van der Waals surface area contributed by atoms with E-state index < -0.39 is 5.54 Å². The number of carbonyl (C=O) groups excluding carboxylic acids is 2. The normalized spacial score (nSPS) is 21.8. The molecule has 1 aliphatic heterocycles. The fourth-order valence-corrected chi connectivity index (χ4v) is 6.94. The van der Waals surface area contributed by atoms with E-state index in [0.717, 1.165) is 53.1 Å². The number of fused-ring (bicyclic) bond motifs is 3. The molecule has 176 valence electrons. The first-order chi connectivity index (χ1) is 15.5. The molecule has 4 rings (SSSR count). The summed E-state index contributed by atoms with van der Waals surface area (Å²) in [5.74, 6) is 2.18. The monoisotopic (exact) mass is 475 g/mol. The molecule has 0 aromatic carbocycles. The predicted octanol–water partition coefficient (Wildman–Crippen LogP) is 5.46.